The molecule has 0 saturated carbocycles. The molecule has 2 heterocycles. The molecule has 21 heavy (non-hydrogen) atoms. The van der Waals surface area contributed by atoms with Crippen LogP contribution >= 0.6 is 0 Å². The molecule has 2 fully saturated rings. The van der Waals surface area contributed by atoms with E-state index in [9.17, 15) is 5.11 Å². The molecule has 4 heteroatoms. The monoisotopic (exact) mass is 290 g/mol. The molecular formula is C17H26N2O2. The lowest BCUT2D eigenvalue weighted by Crippen LogP contribution is -2.55. The average molecular weight is 290 g/mol. The molecule has 2 atom stereocenters. The van der Waals surface area contributed by atoms with Gasteiger partial charge in [0.05, 0.1) is 13.2 Å². The van der Waals surface area contributed by atoms with Crippen molar-refractivity contribution in [1.82, 2.24) is 4.90 Å². The average Bonchev–Trinajstić information content (AvgIpc) is 2.53. The van der Waals surface area contributed by atoms with Crippen LogP contribution < -0.4 is 9.64 Å². The van der Waals surface area contributed by atoms with E-state index in [0.717, 1.165) is 36.6 Å². The molecule has 0 aliphatic carbocycles. The van der Waals surface area contributed by atoms with Gasteiger partial charge in [-0.05, 0) is 38.4 Å². The lowest BCUT2D eigenvalue weighted by molar-refractivity contribution is 0.133. The highest BCUT2D eigenvalue weighted by atomic mass is 16.5. The Labute approximate surface area is 127 Å². The van der Waals surface area contributed by atoms with Crippen LogP contribution in [0.3, 0.4) is 0 Å². The zero-order valence-corrected chi connectivity index (χ0v) is 13.1. The van der Waals surface area contributed by atoms with Gasteiger partial charge in [-0.2, -0.15) is 0 Å². The Morgan fingerprint density at radius 2 is 2.10 bits per heavy atom. The van der Waals surface area contributed by atoms with Crippen LogP contribution in [0.1, 0.15) is 37.9 Å². The third-order valence-electron chi connectivity index (χ3n) is 4.86. The van der Waals surface area contributed by atoms with E-state index in [1.165, 1.54) is 25.8 Å². The fourth-order valence-electron chi connectivity index (χ4n) is 3.78. The van der Waals surface area contributed by atoms with Crippen molar-refractivity contribution in [2.75, 3.05) is 38.2 Å². The van der Waals surface area contributed by atoms with Gasteiger partial charge in [0.15, 0.2) is 0 Å². The van der Waals surface area contributed by atoms with E-state index >= 15 is 0 Å². The smallest absolute Gasteiger partial charge is 0.126 e. The summed E-state index contributed by atoms with van der Waals surface area (Å²) < 4.78 is 5.45. The normalized spacial score (nSPS) is 24.5. The second-order valence-electron chi connectivity index (χ2n) is 6.20. The minimum Gasteiger partial charge on any atom is -0.496 e. The number of aliphatic hydroxyl groups excluding tert-OH is 1. The highest BCUT2D eigenvalue weighted by Gasteiger charge is 2.30. The van der Waals surface area contributed by atoms with E-state index in [1.54, 1.807) is 7.11 Å². The van der Waals surface area contributed by atoms with Gasteiger partial charge < -0.3 is 14.7 Å². The first kappa shape index (κ1) is 14.7. The Morgan fingerprint density at radius 1 is 1.24 bits per heavy atom. The van der Waals surface area contributed by atoms with Gasteiger partial charge in [-0.25, -0.2) is 0 Å². The SMILES string of the molecule is COc1cccc(N2CCN3CCCCC3C2)c1[C@@H](C)O. The Balaban J connectivity index is 1.86. The highest BCUT2D eigenvalue weighted by molar-refractivity contribution is 5.60. The van der Waals surface area contributed by atoms with Crippen LogP contribution in [0.15, 0.2) is 18.2 Å². The molecule has 2 aliphatic rings. The maximum absolute atomic E-state index is 10.2. The lowest BCUT2D eigenvalue weighted by Gasteiger charge is -2.45. The highest BCUT2D eigenvalue weighted by Crippen LogP contribution is 2.36. The number of hydrogen-bond acceptors (Lipinski definition) is 4. The fourth-order valence-corrected chi connectivity index (χ4v) is 3.78. The second-order valence-corrected chi connectivity index (χ2v) is 6.20. The van der Waals surface area contributed by atoms with Gasteiger partial charge in [0.1, 0.15) is 5.75 Å². The van der Waals surface area contributed by atoms with Gasteiger partial charge in [-0.1, -0.05) is 12.5 Å². The van der Waals surface area contributed by atoms with Crippen LogP contribution in [0.4, 0.5) is 5.69 Å². The summed E-state index contributed by atoms with van der Waals surface area (Å²) in [6.07, 6.45) is 3.47. The van der Waals surface area contributed by atoms with Crippen molar-refractivity contribution in [1.29, 1.82) is 0 Å². The molecular weight excluding hydrogens is 264 g/mol. The third kappa shape index (κ3) is 2.87. The molecule has 1 unspecified atom stereocenters. The number of fused-ring (bicyclic) bond motifs is 1. The summed E-state index contributed by atoms with van der Waals surface area (Å²) in [4.78, 5) is 5.05. The van der Waals surface area contributed by atoms with Crippen LogP contribution in [-0.2, 0) is 0 Å². The predicted octanol–water partition coefficient (Wildman–Crippen LogP) is 2.42. The number of anilines is 1. The Kier molecular flexibility index (Phi) is 4.36. The molecule has 0 bridgehead atoms. The Bertz CT molecular complexity index is 490. The van der Waals surface area contributed by atoms with Gasteiger partial charge in [0.2, 0.25) is 0 Å². The van der Waals surface area contributed by atoms with Crippen molar-refractivity contribution in [3.05, 3.63) is 23.8 Å². The van der Waals surface area contributed by atoms with Crippen LogP contribution in [0.25, 0.3) is 0 Å². The number of aliphatic hydroxyl groups is 1. The summed E-state index contributed by atoms with van der Waals surface area (Å²) in [5.74, 6) is 0.786. The third-order valence-corrected chi connectivity index (χ3v) is 4.86. The largest absolute Gasteiger partial charge is 0.496 e. The van der Waals surface area contributed by atoms with E-state index in [2.05, 4.69) is 15.9 Å². The first-order valence-corrected chi connectivity index (χ1v) is 8.04. The van der Waals surface area contributed by atoms with E-state index in [1.807, 2.05) is 19.1 Å². The molecule has 2 saturated heterocycles. The van der Waals surface area contributed by atoms with Crippen molar-refractivity contribution >= 4 is 5.69 Å². The van der Waals surface area contributed by atoms with Gasteiger partial charge in [-0.3, -0.25) is 4.90 Å². The van der Waals surface area contributed by atoms with Crippen molar-refractivity contribution < 1.29 is 9.84 Å². The van der Waals surface area contributed by atoms with E-state index < -0.39 is 6.10 Å². The maximum atomic E-state index is 10.2. The molecule has 2 aliphatic heterocycles. The van der Waals surface area contributed by atoms with E-state index in [0.29, 0.717) is 6.04 Å². The summed E-state index contributed by atoms with van der Waals surface area (Å²) in [6, 6.07) is 6.74. The zero-order chi connectivity index (χ0) is 14.8. The molecule has 0 spiro atoms. The number of hydrogen-bond donors (Lipinski definition) is 1. The lowest BCUT2D eigenvalue weighted by atomic mass is 9.98. The predicted molar refractivity (Wildman–Crippen MR) is 85.1 cm³/mol. The number of nitrogens with zero attached hydrogens (tertiary/aromatic N) is 2. The summed E-state index contributed by atoms with van der Waals surface area (Å²) in [7, 11) is 1.67. The standard InChI is InChI=1S/C17H26N2O2/c1-13(20)17-15(7-5-8-16(17)21-2)19-11-10-18-9-4-3-6-14(18)12-19/h5,7-8,13-14,20H,3-4,6,9-12H2,1-2H3/t13-,14?/m1/s1. The molecule has 116 valence electrons. The van der Waals surface area contributed by atoms with Crippen molar-refractivity contribution in [3.8, 4) is 5.75 Å². The Morgan fingerprint density at radius 3 is 2.86 bits per heavy atom. The maximum Gasteiger partial charge on any atom is 0.126 e. The number of methoxy groups -OCH3 is 1. The molecule has 0 radical (unpaired) electrons. The quantitative estimate of drug-likeness (QED) is 0.927. The van der Waals surface area contributed by atoms with Crippen molar-refractivity contribution in [2.45, 2.75) is 38.3 Å². The molecule has 0 amide bonds. The van der Waals surface area contributed by atoms with Gasteiger partial charge in [0, 0.05) is 36.9 Å². The van der Waals surface area contributed by atoms with Crippen molar-refractivity contribution in [2.24, 2.45) is 0 Å². The first-order valence-electron chi connectivity index (χ1n) is 8.04. The molecule has 1 aromatic rings. The molecule has 0 aromatic heterocycles. The van der Waals surface area contributed by atoms with E-state index in [4.69, 9.17) is 4.74 Å². The zero-order valence-electron chi connectivity index (χ0n) is 13.1. The van der Waals surface area contributed by atoms with Crippen LogP contribution in [0.5, 0.6) is 5.75 Å². The number of piperidine rings is 1. The van der Waals surface area contributed by atoms with E-state index in [-0.39, 0.29) is 0 Å². The second kappa shape index (κ2) is 6.24. The van der Waals surface area contributed by atoms with Crippen LogP contribution in [0, 0.1) is 0 Å². The summed E-state index contributed by atoms with van der Waals surface area (Å²) in [6.45, 7) is 6.29. The first-order chi connectivity index (χ1) is 10.2. The summed E-state index contributed by atoms with van der Waals surface area (Å²) >= 11 is 0. The Hall–Kier alpha value is -1.26. The van der Waals surface area contributed by atoms with Gasteiger partial charge >= 0.3 is 0 Å². The topological polar surface area (TPSA) is 35.9 Å². The number of benzene rings is 1. The minimum atomic E-state index is -0.513. The molecule has 1 aromatic carbocycles. The fraction of sp³-hybridized carbons (Fsp3) is 0.647. The number of ether oxygens (including phenoxy) is 1. The molecule has 1 N–H and O–H groups in total. The van der Waals surface area contributed by atoms with Crippen LogP contribution in [-0.4, -0.2) is 49.3 Å². The minimum absolute atomic E-state index is 0.513. The van der Waals surface area contributed by atoms with Crippen LogP contribution in [0.2, 0.25) is 0 Å². The van der Waals surface area contributed by atoms with Crippen molar-refractivity contribution in [3.63, 3.8) is 0 Å². The summed E-state index contributed by atoms with van der Waals surface area (Å²) in [5, 5.41) is 10.2. The number of rotatable bonds is 3. The molecule has 4 nitrogen and oxygen atoms in total. The van der Waals surface area contributed by atoms with Gasteiger partial charge in [0.25, 0.3) is 0 Å². The summed E-state index contributed by atoms with van der Waals surface area (Å²) in [5.41, 5.74) is 2.05. The van der Waals surface area contributed by atoms with Gasteiger partial charge in [-0.15, -0.1) is 0 Å². The molecule has 3 rings (SSSR count). The number of piperazine rings is 1.